The summed E-state index contributed by atoms with van der Waals surface area (Å²) >= 11 is 1.77. The van der Waals surface area contributed by atoms with Gasteiger partial charge in [-0.15, -0.1) is 0 Å². The van der Waals surface area contributed by atoms with Crippen molar-refractivity contribution in [1.29, 1.82) is 0 Å². The Morgan fingerprint density at radius 2 is 1.89 bits per heavy atom. The van der Waals surface area contributed by atoms with Crippen LogP contribution in [0, 0.1) is 11.8 Å². The maximum absolute atomic E-state index is 12.5. The van der Waals surface area contributed by atoms with Crippen molar-refractivity contribution < 1.29 is 14.7 Å². The first-order chi connectivity index (χ1) is 8.99. The summed E-state index contributed by atoms with van der Waals surface area (Å²) in [6.45, 7) is 2.03. The average Bonchev–Trinajstić information content (AvgIpc) is 2.42. The molecule has 0 aliphatic heterocycles. The second kappa shape index (κ2) is 7.78. The van der Waals surface area contributed by atoms with E-state index in [1.807, 2.05) is 6.92 Å². The molecule has 110 valence electrons. The molecule has 0 heterocycles. The normalized spacial score (nSPS) is 24.8. The highest BCUT2D eigenvalue weighted by atomic mass is 32.2. The van der Waals surface area contributed by atoms with Gasteiger partial charge in [-0.25, -0.2) is 0 Å². The van der Waals surface area contributed by atoms with Gasteiger partial charge in [0.25, 0.3) is 0 Å². The summed E-state index contributed by atoms with van der Waals surface area (Å²) in [5, 5.41) is 9.25. The van der Waals surface area contributed by atoms with Gasteiger partial charge in [0.2, 0.25) is 5.91 Å². The van der Waals surface area contributed by atoms with Crippen LogP contribution >= 0.6 is 11.8 Å². The lowest BCUT2D eigenvalue weighted by molar-refractivity contribution is -0.152. The number of carbonyl (C=O) groups excluding carboxylic acids is 1. The molecule has 3 unspecified atom stereocenters. The minimum absolute atomic E-state index is 0.0145. The average molecular weight is 287 g/mol. The smallest absolute Gasteiger partial charge is 0.307 e. The molecule has 1 N–H and O–H groups in total. The highest BCUT2D eigenvalue weighted by Crippen LogP contribution is 2.32. The predicted molar refractivity (Wildman–Crippen MR) is 78.3 cm³/mol. The minimum Gasteiger partial charge on any atom is -0.481 e. The summed E-state index contributed by atoms with van der Waals surface area (Å²) < 4.78 is 0. The van der Waals surface area contributed by atoms with Crippen LogP contribution in [0.25, 0.3) is 0 Å². The number of carboxylic acid groups (broad SMARTS) is 1. The molecule has 0 saturated heterocycles. The summed E-state index contributed by atoms with van der Waals surface area (Å²) in [6.07, 6.45) is 6.25. The first-order valence-corrected chi connectivity index (χ1v) is 8.36. The zero-order chi connectivity index (χ0) is 14.4. The molecule has 0 aromatic rings. The van der Waals surface area contributed by atoms with Crippen molar-refractivity contribution in [3.8, 4) is 0 Å². The number of hydrogen-bond donors (Lipinski definition) is 1. The number of nitrogens with zero attached hydrogens (tertiary/aromatic N) is 1. The SMILES string of the molecule is CSCCC(C)N(C)C(=O)C1CCCCC1C(=O)O. The van der Waals surface area contributed by atoms with E-state index in [1.165, 1.54) is 0 Å². The first-order valence-electron chi connectivity index (χ1n) is 6.97. The van der Waals surface area contributed by atoms with Gasteiger partial charge in [-0.05, 0) is 38.2 Å². The number of carboxylic acids is 1. The third kappa shape index (κ3) is 4.41. The molecule has 0 bridgehead atoms. The Morgan fingerprint density at radius 3 is 2.42 bits per heavy atom. The van der Waals surface area contributed by atoms with Crippen LogP contribution in [0.3, 0.4) is 0 Å². The van der Waals surface area contributed by atoms with Crippen molar-refractivity contribution in [2.45, 2.75) is 45.1 Å². The Hall–Kier alpha value is -0.710. The number of amides is 1. The standard InChI is InChI=1S/C14H25NO3S/c1-10(8-9-19-3)15(2)13(16)11-6-4-5-7-12(11)14(17)18/h10-12H,4-9H2,1-3H3,(H,17,18). The largest absolute Gasteiger partial charge is 0.481 e. The maximum atomic E-state index is 12.5. The zero-order valence-corrected chi connectivity index (χ0v) is 12.9. The molecule has 5 heteroatoms. The van der Waals surface area contributed by atoms with E-state index in [0.29, 0.717) is 6.42 Å². The molecule has 0 spiro atoms. The molecule has 1 saturated carbocycles. The third-order valence-electron chi connectivity index (χ3n) is 4.15. The van der Waals surface area contributed by atoms with E-state index >= 15 is 0 Å². The van der Waals surface area contributed by atoms with Gasteiger partial charge in [0.1, 0.15) is 0 Å². The fraction of sp³-hybridized carbons (Fsp3) is 0.857. The van der Waals surface area contributed by atoms with Gasteiger partial charge in [0.05, 0.1) is 11.8 Å². The van der Waals surface area contributed by atoms with Crippen LogP contribution in [0.15, 0.2) is 0 Å². The molecule has 19 heavy (non-hydrogen) atoms. The number of hydrogen-bond acceptors (Lipinski definition) is 3. The van der Waals surface area contributed by atoms with Gasteiger partial charge in [-0.1, -0.05) is 12.8 Å². The van der Waals surface area contributed by atoms with E-state index < -0.39 is 11.9 Å². The van der Waals surface area contributed by atoms with Crippen molar-refractivity contribution in [2.24, 2.45) is 11.8 Å². The molecule has 0 radical (unpaired) electrons. The highest BCUT2D eigenvalue weighted by Gasteiger charge is 2.37. The number of carbonyl (C=O) groups is 2. The van der Waals surface area contributed by atoms with Crippen LogP contribution in [0.5, 0.6) is 0 Å². The molecule has 1 rings (SSSR count). The summed E-state index contributed by atoms with van der Waals surface area (Å²) in [5.41, 5.74) is 0. The predicted octanol–water partition coefficient (Wildman–Crippen LogP) is 2.48. The van der Waals surface area contributed by atoms with Crippen LogP contribution in [0.2, 0.25) is 0 Å². The molecule has 0 aromatic carbocycles. The summed E-state index contributed by atoms with van der Waals surface area (Å²) in [5.74, 6) is -0.598. The lowest BCUT2D eigenvalue weighted by Gasteiger charge is -2.33. The van der Waals surface area contributed by atoms with E-state index in [0.717, 1.165) is 31.4 Å². The molecule has 0 aromatic heterocycles. The molecule has 3 atom stereocenters. The second-order valence-corrected chi connectivity index (χ2v) is 6.40. The second-order valence-electron chi connectivity index (χ2n) is 5.42. The molecule has 1 amide bonds. The molecular weight excluding hydrogens is 262 g/mol. The topological polar surface area (TPSA) is 57.6 Å². The fourth-order valence-corrected chi connectivity index (χ4v) is 3.26. The van der Waals surface area contributed by atoms with Gasteiger partial charge in [-0.3, -0.25) is 9.59 Å². The third-order valence-corrected chi connectivity index (χ3v) is 4.79. The summed E-state index contributed by atoms with van der Waals surface area (Å²) in [6, 6.07) is 0.177. The van der Waals surface area contributed by atoms with Gasteiger partial charge >= 0.3 is 5.97 Å². The van der Waals surface area contributed by atoms with Crippen molar-refractivity contribution in [3.63, 3.8) is 0 Å². The Balaban J connectivity index is 2.65. The van der Waals surface area contributed by atoms with Crippen LogP contribution in [-0.4, -0.2) is 47.0 Å². The van der Waals surface area contributed by atoms with Gasteiger partial charge in [0, 0.05) is 13.1 Å². The van der Waals surface area contributed by atoms with E-state index in [2.05, 4.69) is 6.26 Å². The molecule has 4 nitrogen and oxygen atoms in total. The van der Waals surface area contributed by atoms with Crippen LogP contribution in [0.1, 0.15) is 39.0 Å². The van der Waals surface area contributed by atoms with E-state index in [4.69, 9.17) is 0 Å². The van der Waals surface area contributed by atoms with Crippen molar-refractivity contribution >= 4 is 23.6 Å². The Morgan fingerprint density at radius 1 is 1.32 bits per heavy atom. The molecule has 1 fully saturated rings. The van der Waals surface area contributed by atoms with Crippen LogP contribution in [0.4, 0.5) is 0 Å². The Bertz CT molecular complexity index is 322. The summed E-state index contributed by atoms with van der Waals surface area (Å²) in [7, 11) is 1.81. The fourth-order valence-electron chi connectivity index (χ4n) is 2.68. The first kappa shape index (κ1) is 16.3. The number of thioether (sulfide) groups is 1. The quantitative estimate of drug-likeness (QED) is 0.815. The molecule has 1 aliphatic carbocycles. The van der Waals surface area contributed by atoms with Crippen LogP contribution in [-0.2, 0) is 9.59 Å². The number of rotatable bonds is 6. The lowest BCUT2D eigenvalue weighted by Crippen LogP contribution is -2.44. The lowest BCUT2D eigenvalue weighted by atomic mass is 9.78. The monoisotopic (exact) mass is 287 g/mol. The van der Waals surface area contributed by atoms with Gasteiger partial charge < -0.3 is 10.0 Å². The molecular formula is C14H25NO3S. The van der Waals surface area contributed by atoms with Crippen LogP contribution < -0.4 is 0 Å². The number of aliphatic carboxylic acids is 1. The summed E-state index contributed by atoms with van der Waals surface area (Å²) in [4.78, 5) is 25.5. The van der Waals surface area contributed by atoms with Crippen molar-refractivity contribution in [2.75, 3.05) is 19.1 Å². The zero-order valence-electron chi connectivity index (χ0n) is 12.1. The van der Waals surface area contributed by atoms with E-state index in [1.54, 1.807) is 23.7 Å². The molecule has 1 aliphatic rings. The van der Waals surface area contributed by atoms with E-state index in [9.17, 15) is 14.7 Å². The highest BCUT2D eigenvalue weighted by molar-refractivity contribution is 7.98. The van der Waals surface area contributed by atoms with E-state index in [-0.39, 0.29) is 17.9 Å². The van der Waals surface area contributed by atoms with Gasteiger partial charge in [-0.2, -0.15) is 11.8 Å². The van der Waals surface area contributed by atoms with Crippen molar-refractivity contribution in [3.05, 3.63) is 0 Å². The minimum atomic E-state index is -0.816. The Labute approximate surface area is 119 Å². The Kier molecular flexibility index (Phi) is 6.69. The maximum Gasteiger partial charge on any atom is 0.307 e. The van der Waals surface area contributed by atoms with Gasteiger partial charge in [0.15, 0.2) is 0 Å². The van der Waals surface area contributed by atoms with Crippen molar-refractivity contribution in [1.82, 2.24) is 4.90 Å².